The van der Waals surface area contributed by atoms with E-state index in [1.54, 1.807) is 0 Å². The van der Waals surface area contributed by atoms with Gasteiger partial charge in [0.1, 0.15) is 11.5 Å². The molecule has 1 atom stereocenters. The Hall–Kier alpha value is -7.94. The SMILES string of the molecule is C1=CC(N(c2cc(-c3ccccc3)cc(-c3ccccc3)c2)c2cccc(-c3cccc4c3-c3ccccc3C43c4ccc5c(c4Oc4c3ccc3ccccc43)C=CCC5)c2)=CCC1. The van der Waals surface area contributed by atoms with Crippen molar-refractivity contribution >= 4 is 28.2 Å². The average Bonchev–Trinajstić information content (AvgIpc) is 3.68. The molecule has 13 rings (SSSR count). The molecule has 9 aromatic carbocycles. The quantitative estimate of drug-likeness (QED) is 0.165. The summed E-state index contributed by atoms with van der Waals surface area (Å²) in [5, 5.41) is 2.32. The van der Waals surface area contributed by atoms with Gasteiger partial charge in [0.05, 0.1) is 5.41 Å². The van der Waals surface area contributed by atoms with Crippen LogP contribution in [-0.4, -0.2) is 0 Å². The molecule has 0 bridgehead atoms. The molecule has 1 aliphatic heterocycles. The van der Waals surface area contributed by atoms with Gasteiger partial charge in [-0.1, -0.05) is 188 Å². The fourth-order valence-electron chi connectivity index (χ4n) is 11.3. The second-order valence-corrected chi connectivity index (χ2v) is 17.7. The normalized spacial score (nSPS) is 16.2. The van der Waals surface area contributed by atoms with Crippen LogP contribution in [0, 0.1) is 0 Å². The number of aryl methyl sites for hydroxylation is 1. The molecule has 4 aliphatic rings. The number of hydrogen-bond acceptors (Lipinski definition) is 2. The Kier molecular flexibility index (Phi) is 8.74. The summed E-state index contributed by atoms with van der Waals surface area (Å²) >= 11 is 0. The predicted molar refractivity (Wildman–Crippen MR) is 270 cm³/mol. The molecule has 0 saturated carbocycles. The number of nitrogens with zero attached hydrogens (tertiary/aromatic N) is 1. The Labute approximate surface area is 380 Å². The molecule has 0 aromatic heterocycles. The van der Waals surface area contributed by atoms with Crippen molar-refractivity contribution in [3.8, 4) is 56.0 Å². The van der Waals surface area contributed by atoms with Crippen molar-refractivity contribution in [1.82, 2.24) is 0 Å². The van der Waals surface area contributed by atoms with Gasteiger partial charge in [0.25, 0.3) is 0 Å². The maximum Gasteiger partial charge on any atom is 0.140 e. The van der Waals surface area contributed by atoms with Crippen LogP contribution in [-0.2, 0) is 11.8 Å². The summed E-state index contributed by atoms with van der Waals surface area (Å²) in [6, 6.07) is 72.0. The van der Waals surface area contributed by atoms with Crippen LogP contribution in [0.1, 0.15) is 52.6 Å². The molecular formula is C63H45NO. The number of rotatable bonds is 6. The van der Waals surface area contributed by atoms with Crippen LogP contribution in [0.2, 0.25) is 0 Å². The summed E-state index contributed by atoms with van der Waals surface area (Å²) in [5.74, 6) is 1.93. The summed E-state index contributed by atoms with van der Waals surface area (Å²) in [7, 11) is 0. The van der Waals surface area contributed by atoms with Gasteiger partial charge in [0.15, 0.2) is 0 Å². The van der Waals surface area contributed by atoms with Crippen molar-refractivity contribution in [3.05, 3.63) is 258 Å². The van der Waals surface area contributed by atoms with Crippen molar-refractivity contribution in [2.75, 3.05) is 4.90 Å². The molecular weight excluding hydrogens is 787 g/mol. The second-order valence-electron chi connectivity index (χ2n) is 17.7. The molecule has 2 nitrogen and oxygen atoms in total. The lowest BCUT2D eigenvalue weighted by Gasteiger charge is -2.41. The van der Waals surface area contributed by atoms with E-state index in [2.05, 4.69) is 229 Å². The molecule has 3 aliphatic carbocycles. The molecule has 1 heterocycles. The Balaban J connectivity index is 1.04. The predicted octanol–water partition coefficient (Wildman–Crippen LogP) is 16.6. The fourth-order valence-corrected chi connectivity index (χ4v) is 11.3. The lowest BCUT2D eigenvalue weighted by molar-refractivity contribution is 0.439. The maximum absolute atomic E-state index is 7.27. The van der Waals surface area contributed by atoms with Gasteiger partial charge in [0.2, 0.25) is 0 Å². The first-order valence-corrected chi connectivity index (χ1v) is 23.0. The first kappa shape index (κ1) is 37.6. The minimum Gasteiger partial charge on any atom is -0.455 e. The number of fused-ring (bicyclic) bond motifs is 13. The minimum atomic E-state index is -0.595. The van der Waals surface area contributed by atoms with E-state index in [-0.39, 0.29) is 0 Å². The topological polar surface area (TPSA) is 12.5 Å². The number of hydrogen-bond donors (Lipinski definition) is 0. The number of allylic oxidation sites excluding steroid dienone is 4. The molecule has 2 heteroatoms. The van der Waals surface area contributed by atoms with Crippen LogP contribution >= 0.6 is 0 Å². The lowest BCUT2D eigenvalue weighted by atomic mass is 9.65. The Morgan fingerprint density at radius 3 is 1.91 bits per heavy atom. The molecule has 1 spiro atoms. The maximum atomic E-state index is 7.27. The van der Waals surface area contributed by atoms with Crippen molar-refractivity contribution in [1.29, 1.82) is 0 Å². The van der Waals surface area contributed by atoms with E-state index in [0.29, 0.717) is 0 Å². The third-order valence-corrected chi connectivity index (χ3v) is 14.2. The van der Waals surface area contributed by atoms with Gasteiger partial charge < -0.3 is 9.64 Å². The zero-order valence-corrected chi connectivity index (χ0v) is 36.0. The van der Waals surface area contributed by atoms with Crippen molar-refractivity contribution in [2.45, 2.75) is 31.1 Å². The molecule has 308 valence electrons. The lowest BCUT2D eigenvalue weighted by Crippen LogP contribution is -2.32. The number of benzene rings is 9. The van der Waals surface area contributed by atoms with E-state index in [4.69, 9.17) is 4.74 Å². The highest BCUT2D eigenvalue weighted by Crippen LogP contribution is 2.65. The van der Waals surface area contributed by atoms with Gasteiger partial charge in [0, 0.05) is 39.1 Å². The molecule has 0 N–H and O–H groups in total. The Morgan fingerprint density at radius 2 is 1.09 bits per heavy atom. The molecule has 1 unspecified atom stereocenters. The largest absolute Gasteiger partial charge is 0.455 e. The Bertz CT molecular complexity index is 3410. The highest BCUT2D eigenvalue weighted by Gasteiger charge is 2.52. The zero-order valence-electron chi connectivity index (χ0n) is 36.0. The summed E-state index contributed by atoms with van der Waals surface area (Å²) < 4.78 is 7.27. The molecule has 0 amide bonds. The standard InChI is InChI=1S/C63H45NO/c1-4-18-42(19-5-1)47-38-48(43-20-6-2-7-21-43)41-51(40-47)64(49-25-8-3-9-26-49)50-27-16-24-46(39-50)52-31-17-33-57-60(52)55-30-14-15-32-56(55)63(57)58-36-34-44-22-10-12-28-53(44)61(58)65-62-54-29-13-11-23-45(54)35-37-59(62)63/h1-2,4-8,10,12-22,24-41H,3,9,11,23H2. The molecule has 9 aromatic rings. The van der Waals surface area contributed by atoms with E-state index in [0.717, 1.165) is 53.9 Å². The van der Waals surface area contributed by atoms with Crippen molar-refractivity contribution in [2.24, 2.45) is 0 Å². The van der Waals surface area contributed by atoms with Gasteiger partial charge in [-0.25, -0.2) is 0 Å². The summed E-state index contributed by atoms with van der Waals surface area (Å²) in [5.41, 5.74) is 20.1. The third kappa shape index (κ3) is 5.87. The van der Waals surface area contributed by atoms with E-state index in [1.165, 1.54) is 89.0 Å². The summed E-state index contributed by atoms with van der Waals surface area (Å²) in [4.78, 5) is 2.46. The van der Waals surface area contributed by atoms with Crippen LogP contribution in [0.3, 0.4) is 0 Å². The van der Waals surface area contributed by atoms with Crippen molar-refractivity contribution in [3.63, 3.8) is 0 Å². The zero-order chi connectivity index (χ0) is 42.9. The van der Waals surface area contributed by atoms with Gasteiger partial charge in [-0.05, 0) is 129 Å². The van der Waals surface area contributed by atoms with E-state index >= 15 is 0 Å². The number of ether oxygens (including phenoxy) is 1. The Morgan fingerprint density at radius 1 is 0.431 bits per heavy atom. The van der Waals surface area contributed by atoms with Gasteiger partial charge >= 0.3 is 0 Å². The van der Waals surface area contributed by atoms with Gasteiger partial charge in [-0.2, -0.15) is 0 Å². The summed E-state index contributed by atoms with van der Waals surface area (Å²) in [6.45, 7) is 0. The highest BCUT2D eigenvalue weighted by atomic mass is 16.5. The third-order valence-electron chi connectivity index (χ3n) is 14.2. The van der Waals surface area contributed by atoms with Gasteiger partial charge in [-0.3, -0.25) is 0 Å². The van der Waals surface area contributed by atoms with Crippen LogP contribution in [0.15, 0.2) is 224 Å². The fraction of sp³-hybridized carbons (Fsp3) is 0.0794. The van der Waals surface area contributed by atoms with Crippen LogP contribution in [0.5, 0.6) is 11.5 Å². The molecule has 65 heavy (non-hydrogen) atoms. The highest BCUT2D eigenvalue weighted by molar-refractivity contribution is 6.00. The first-order valence-electron chi connectivity index (χ1n) is 23.0. The molecule has 0 fully saturated rings. The second kappa shape index (κ2) is 15.1. The monoisotopic (exact) mass is 831 g/mol. The van der Waals surface area contributed by atoms with Crippen LogP contribution in [0.4, 0.5) is 11.4 Å². The van der Waals surface area contributed by atoms with Gasteiger partial charge in [-0.15, -0.1) is 0 Å². The van der Waals surface area contributed by atoms with Crippen LogP contribution < -0.4 is 9.64 Å². The van der Waals surface area contributed by atoms with Crippen molar-refractivity contribution < 1.29 is 4.74 Å². The molecule has 0 saturated heterocycles. The van der Waals surface area contributed by atoms with E-state index in [9.17, 15) is 0 Å². The average molecular weight is 832 g/mol. The van der Waals surface area contributed by atoms with E-state index in [1.807, 2.05) is 0 Å². The smallest absolute Gasteiger partial charge is 0.140 e. The first-order chi connectivity index (χ1) is 32.2. The number of anilines is 2. The summed E-state index contributed by atoms with van der Waals surface area (Å²) in [6.07, 6.45) is 15.7. The molecule has 0 radical (unpaired) electrons. The minimum absolute atomic E-state index is 0.595. The van der Waals surface area contributed by atoms with Crippen LogP contribution in [0.25, 0.3) is 61.4 Å². The van der Waals surface area contributed by atoms with E-state index < -0.39 is 5.41 Å².